The van der Waals surface area contributed by atoms with E-state index in [-0.39, 0.29) is 0 Å². The van der Waals surface area contributed by atoms with E-state index in [1.54, 1.807) is 18.3 Å². The molecule has 90 valence electrons. The maximum atomic E-state index is 10.9. The quantitative estimate of drug-likeness (QED) is 0.934. The van der Waals surface area contributed by atoms with Gasteiger partial charge in [-0.25, -0.2) is 14.8 Å². The lowest BCUT2D eigenvalue weighted by molar-refractivity contribution is 0.0701. The third-order valence-corrected chi connectivity index (χ3v) is 5.23. The number of aromatic nitrogens is 2. The molecule has 0 bridgehead atoms. The highest BCUT2D eigenvalue weighted by Crippen LogP contribution is 2.34. The van der Waals surface area contributed by atoms with Crippen LogP contribution in [0.15, 0.2) is 14.1 Å². The summed E-state index contributed by atoms with van der Waals surface area (Å²) in [7, 11) is 0. The highest BCUT2D eigenvalue weighted by Gasteiger charge is 2.15. The van der Waals surface area contributed by atoms with Crippen molar-refractivity contribution in [2.75, 3.05) is 0 Å². The SMILES string of the molecule is CCc1csc(Sc2nc(C)c(C(=O)O)s2)n1. The molecular formula is C10H10N2O2S3. The second kappa shape index (κ2) is 5.16. The Labute approximate surface area is 111 Å². The van der Waals surface area contributed by atoms with Crippen LogP contribution in [0.3, 0.4) is 0 Å². The number of thiazole rings is 2. The lowest BCUT2D eigenvalue weighted by Crippen LogP contribution is -1.94. The van der Waals surface area contributed by atoms with Crippen molar-refractivity contribution in [1.82, 2.24) is 9.97 Å². The zero-order chi connectivity index (χ0) is 12.4. The number of carboxylic acid groups (broad SMARTS) is 1. The van der Waals surface area contributed by atoms with E-state index in [9.17, 15) is 4.79 Å². The maximum Gasteiger partial charge on any atom is 0.347 e. The Morgan fingerprint density at radius 2 is 2.24 bits per heavy atom. The van der Waals surface area contributed by atoms with E-state index < -0.39 is 5.97 Å². The number of carbonyl (C=O) groups is 1. The van der Waals surface area contributed by atoms with Gasteiger partial charge in [0.1, 0.15) is 4.88 Å². The van der Waals surface area contributed by atoms with Crippen LogP contribution in [0.4, 0.5) is 0 Å². The standard InChI is InChI=1S/C10H10N2O2S3/c1-3-6-4-15-9(12-6)17-10-11-5(2)7(16-10)8(13)14/h4H,3H2,1-2H3,(H,13,14). The molecule has 2 aromatic rings. The van der Waals surface area contributed by atoms with Gasteiger partial charge in [-0.15, -0.1) is 11.3 Å². The number of nitrogens with zero attached hydrogens (tertiary/aromatic N) is 2. The fourth-order valence-electron chi connectivity index (χ4n) is 1.19. The molecule has 1 N–H and O–H groups in total. The van der Waals surface area contributed by atoms with Crippen molar-refractivity contribution in [3.8, 4) is 0 Å². The van der Waals surface area contributed by atoms with Crippen LogP contribution in [-0.4, -0.2) is 21.0 Å². The lowest BCUT2D eigenvalue weighted by atomic mass is 10.4. The Bertz CT molecular complexity index is 547. The van der Waals surface area contributed by atoms with Gasteiger partial charge in [-0.05, 0) is 25.1 Å². The normalized spacial score (nSPS) is 10.7. The minimum atomic E-state index is -0.916. The molecule has 0 spiro atoms. The monoisotopic (exact) mass is 286 g/mol. The lowest BCUT2D eigenvalue weighted by Gasteiger charge is -1.89. The van der Waals surface area contributed by atoms with Crippen molar-refractivity contribution < 1.29 is 9.90 Å². The molecule has 7 heteroatoms. The van der Waals surface area contributed by atoms with E-state index in [0.717, 1.165) is 20.8 Å². The largest absolute Gasteiger partial charge is 0.477 e. The summed E-state index contributed by atoms with van der Waals surface area (Å²) in [5, 5.41) is 11.0. The van der Waals surface area contributed by atoms with Gasteiger partial charge < -0.3 is 5.11 Å². The van der Waals surface area contributed by atoms with Crippen LogP contribution in [0.5, 0.6) is 0 Å². The first-order valence-corrected chi connectivity index (χ1v) is 7.44. The number of aryl methyl sites for hydroxylation is 2. The summed E-state index contributed by atoms with van der Waals surface area (Å²) >= 11 is 4.19. The van der Waals surface area contributed by atoms with Gasteiger partial charge in [0.15, 0.2) is 8.68 Å². The Morgan fingerprint density at radius 3 is 2.76 bits per heavy atom. The van der Waals surface area contributed by atoms with E-state index in [0.29, 0.717) is 10.6 Å². The summed E-state index contributed by atoms with van der Waals surface area (Å²) in [6.07, 6.45) is 0.911. The van der Waals surface area contributed by atoms with Gasteiger partial charge in [-0.2, -0.15) is 0 Å². The topological polar surface area (TPSA) is 63.1 Å². The molecule has 0 fully saturated rings. The molecule has 0 aliphatic rings. The van der Waals surface area contributed by atoms with E-state index in [2.05, 4.69) is 16.9 Å². The molecule has 2 heterocycles. The van der Waals surface area contributed by atoms with E-state index in [1.165, 1.54) is 23.1 Å². The first-order valence-electron chi connectivity index (χ1n) is 4.93. The van der Waals surface area contributed by atoms with Gasteiger partial charge in [-0.3, -0.25) is 0 Å². The van der Waals surface area contributed by atoms with Gasteiger partial charge in [0.05, 0.1) is 11.4 Å². The fourth-order valence-corrected chi connectivity index (χ4v) is 4.33. The van der Waals surface area contributed by atoms with Crippen LogP contribution >= 0.6 is 34.4 Å². The molecule has 4 nitrogen and oxygen atoms in total. The zero-order valence-corrected chi connectivity index (χ0v) is 11.7. The molecule has 0 amide bonds. The van der Waals surface area contributed by atoms with Crippen molar-refractivity contribution in [1.29, 1.82) is 0 Å². The van der Waals surface area contributed by atoms with Crippen LogP contribution in [0.25, 0.3) is 0 Å². The molecule has 17 heavy (non-hydrogen) atoms. The Kier molecular flexibility index (Phi) is 3.80. The predicted octanol–water partition coefficient (Wildman–Crippen LogP) is 3.32. The number of aromatic carboxylic acids is 1. The van der Waals surface area contributed by atoms with Gasteiger partial charge >= 0.3 is 5.97 Å². The van der Waals surface area contributed by atoms with Gasteiger partial charge in [0.25, 0.3) is 0 Å². The minimum absolute atomic E-state index is 0.305. The molecule has 0 unspecified atom stereocenters. The zero-order valence-electron chi connectivity index (χ0n) is 9.26. The summed E-state index contributed by atoms with van der Waals surface area (Å²) in [4.78, 5) is 19.8. The molecule has 0 aliphatic carbocycles. The molecule has 2 aromatic heterocycles. The van der Waals surface area contributed by atoms with E-state index in [4.69, 9.17) is 5.11 Å². The number of hydrogen-bond acceptors (Lipinski definition) is 6. The number of rotatable bonds is 4. The average Bonchev–Trinajstić information content (AvgIpc) is 2.85. The van der Waals surface area contributed by atoms with Gasteiger partial charge in [0.2, 0.25) is 0 Å². The van der Waals surface area contributed by atoms with Gasteiger partial charge in [-0.1, -0.05) is 18.3 Å². The summed E-state index contributed by atoms with van der Waals surface area (Å²) < 4.78 is 1.64. The highest BCUT2D eigenvalue weighted by molar-refractivity contribution is 8.02. The Morgan fingerprint density at radius 1 is 1.47 bits per heavy atom. The maximum absolute atomic E-state index is 10.9. The first kappa shape index (κ1) is 12.5. The number of carboxylic acids is 1. The molecule has 0 saturated carbocycles. The van der Waals surface area contributed by atoms with Crippen molar-refractivity contribution in [2.45, 2.75) is 28.9 Å². The van der Waals surface area contributed by atoms with E-state index >= 15 is 0 Å². The third-order valence-electron chi connectivity index (χ3n) is 2.04. The highest BCUT2D eigenvalue weighted by atomic mass is 32.2. The molecule has 0 radical (unpaired) electrons. The van der Waals surface area contributed by atoms with Crippen LogP contribution in [0, 0.1) is 6.92 Å². The van der Waals surface area contributed by atoms with Crippen LogP contribution in [0.1, 0.15) is 28.0 Å². The first-order chi connectivity index (χ1) is 8.10. The predicted molar refractivity (Wildman–Crippen MR) is 69.4 cm³/mol. The second-order valence-corrected chi connectivity index (χ2v) is 6.61. The average molecular weight is 286 g/mol. The van der Waals surface area contributed by atoms with Crippen molar-refractivity contribution in [3.63, 3.8) is 0 Å². The fraction of sp³-hybridized carbons (Fsp3) is 0.300. The second-order valence-electron chi connectivity index (χ2n) is 3.26. The smallest absolute Gasteiger partial charge is 0.347 e. The summed E-state index contributed by atoms with van der Waals surface area (Å²) in [5.74, 6) is -0.916. The summed E-state index contributed by atoms with van der Waals surface area (Å²) in [5.41, 5.74) is 1.63. The Hall–Kier alpha value is -0.920. The molecular weight excluding hydrogens is 276 g/mol. The molecule has 0 aromatic carbocycles. The van der Waals surface area contributed by atoms with Crippen molar-refractivity contribution in [2.24, 2.45) is 0 Å². The molecule has 0 saturated heterocycles. The van der Waals surface area contributed by atoms with Crippen molar-refractivity contribution in [3.05, 3.63) is 21.6 Å². The summed E-state index contributed by atoms with van der Waals surface area (Å²) in [6, 6.07) is 0. The minimum Gasteiger partial charge on any atom is -0.477 e. The Balaban J connectivity index is 2.18. The van der Waals surface area contributed by atoms with Gasteiger partial charge in [0, 0.05) is 5.38 Å². The van der Waals surface area contributed by atoms with Crippen molar-refractivity contribution >= 4 is 40.4 Å². The molecule has 0 atom stereocenters. The van der Waals surface area contributed by atoms with Crippen LogP contribution in [0.2, 0.25) is 0 Å². The van der Waals surface area contributed by atoms with Crippen LogP contribution < -0.4 is 0 Å². The van der Waals surface area contributed by atoms with Crippen LogP contribution in [-0.2, 0) is 6.42 Å². The third kappa shape index (κ3) is 2.85. The summed E-state index contributed by atoms with van der Waals surface area (Å²) in [6.45, 7) is 3.77. The molecule has 2 rings (SSSR count). The number of hydrogen-bond donors (Lipinski definition) is 1. The van der Waals surface area contributed by atoms with E-state index in [1.807, 2.05) is 5.38 Å². The molecule has 0 aliphatic heterocycles.